The van der Waals surface area contributed by atoms with Crippen molar-refractivity contribution in [2.24, 2.45) is 0 Å². The molecular weight excluding hydrogens is 240 g/mol. The second kappa shape index (κ2) is 5.87. The molecule has 0 unspecified atom stereocenters. The molecule has 0 fully saturated rings. The van der Waals surface area contributed by atoms with E-state index in [9.17, 15) is 9.90 Å². The number of aromatic hydroxyl groups is 1. The molecular formula is C16H14O3. The summed E-state index contributed by atoms with van der Waals surface area (Å²) in [6.45, 7) is 1.37. The van der Waals surface area contributed by atoms with Gasteiger partial charge in [-0.1, -0.05) is 42.5 Å². The normalized spacial score (nSPS) is 10.6. The second-order valence-electron chi connectivity index (χ2n) is 4.05. The van der Waals surface area contributed by atoms with Gasteiger partial charge in [-0.15, -0.1) is 0 Å². The van der Waals surface area contributed by atoms with E-state index in [2.05, 4.69) is 0 Å². The lowest BCUT2D eigenvalue weighted by molar-refractivity contribution is -0.131. The topological polar surface area (TPSA) is 46.5 Å². The quantitative estimate of drug-likeness (QED) is 0.518. The van der Waals surface area contributed by atoms with Crippen LogP contribution in [0.1, 0.15) is 18.1 Å². The van der Waals surface area contributed by atoms with Gasteiger partial charge in [0.05, 0.1) is 0 Å². The van der Waals surface area contributed by atoms with Crippen LogP contribution in [0.3, 0.4) is 0 Å². The van der Waals surface area contributed by atoms with Crippen molar-refractivity contribution in [3.63, 3.8) is 0 Å². The van der Waals surface area contributed by atoms with Gasteiger partial charge in [0.1, 0.15) is 11.5 Å². The summed E-state index contributed by atoms with van der Waals surface area (Å²) in [5.74, 6) is 0.431. The number of rotatable bonds is 3. The number of benzene rings is 2. The molecule has 0 saturated carbocycles. The van der Waals surface area contributed by atoms with E-state index in [0.29, 0.717) is 5.75 Å². The fraction of sp³-hybridized carbons (Fsp3) is 0.0625. The Morgan fingerprint density at radius 2 is 1.74 bits per heavy atom. The van der Waals surface area contributed by atoms with Gasteiger partial charge in [-0.2, -0.15) is 0 Å². The van der Waals surface area contributed by atoms with E-state index in [0.717, 1.165) is 11.1 Å². The molecule has 0 spiro atoms. The largest absolute Gasteiger partial charge is 0.507 e. The SMILES string of the molecule is CC(=O)Oc1ccc(/C=C/c2ccccc2O)cc1. The van der Waals surface area contributed by atoms with Crippen molar-refractivity contribution in [2.45, 2.75) is 6.92 Å². The molecule has 2 aromatic carbocycles. The maximum atomic E-state index is 10.8. The summed E-state index contributed by atoms with van der Waals surface area (Å²) in [5, 5.41) is 9.62. The number of ether oxygens (including phenoxy) is 1. The van der Waals surface area contributed by atoms with Gasteiger partial charge in [0.15, 0.2) is 0 Å². The minimum atomic E-state index is -0.336. The van der Waals surface area contributed by atoms with E-state index in [1.54, 1.807) is 24.3 Å². The highest BCUT2D eigenvalue weighted by molar-refractivity contribution is 5.73. The molecule has 0 heterocycles. The second-order valence-corrected chi connectivity index (χ2v) is 4.05. The molecule has 3 heteroatoms. The minimum Gasteiger partial charge on any atom is -0.507 e. The predicted molar refractivity (Wildman–Crippen MR) is 74.8 cm³/mol. The molecule has 2 aromatic rings. The van der Waals surface area contributed by atoms with Gasteiger partial charge in [-0.25, -0.2) is 0 Å². The van der Waals surface area contributed by atoms with Crippen LogP contribution >= 0.6 is 0 Å². The zero-order valence-electron chi connectivity index (χ0n) is 10.5. The molecule has 0 amide bonds. The van der Waals surface area contributed by atoms with Crippen LogP contribution in [0.5, 0.6) is 11.5 Å². The maximum Gasteiger partial charge on any atom is 0.308 e. The van der Waals surface area contributed by atoms with Crippen molar-refractivity contribution in [3.8, 4) is 11.5 Å². The number of para-hydroxylation sites is 1. The van der Waals surface area contributed by atoms with Crippen molar-refractivity contribution in [1.82, 2.24) is 0 Å². The first-order valence-corrected chi connectivity index (χ1v) is 5.90. The van der Waals surface area contributed by atoms with E-state index >= 15 is 0 Å². The molecule has 19 heavy (non-hydrogen) atoms. The van der Waals surface area contributed by atoms with Crippen LogP contribution in [0.4, 0.5) is 0 Å². The van der Waals surface area contributed by atoms with Crippen LogP contribution in [-0.4, -0.2) is 11.1 Å². The average molecular weight is 254 g/mol. The lowest BCUT2D eigenvalue weighted by Gasteiger charge is -2.01. The molecule has 0 aromatic heterocycles. The van der Waals surface area contributed by atoms with E-state index in [-0.39, 0.29) is 11.7 Å². The van der Waals surface area contributed by atoms with E-state index in [1.165, 1.54) is 6.92 Å². The van der Waals surface area contributed by atoms with Crippen LogP contribution in [0.25, 0.3) is 12.2 Å². The number of carbonyl (C=O) groups excluding carboxylic acids is 1. The number of hydrogen-bond acceptors (Lipinski definition) is 3. The third-order valence-corrected chi connectivity index (χ3v) is 2.53. The summed E-state index contributed by atoms with van der Waals surface area (Å²) in [5.41, 5.74) is 1.71. The van der Waals surface area contributed by atoms with Crippen molar-refractivity contribution >= 4 is 18.1 Å². The molecule has 0 bridgehead atoms. The Morgan fingerprint density at radius 3 is 2.37 bits per heavy atom. The molecule has 0 aliphatic heterocycles. The van der Waals surface area contributed by atoms with Crippen molar-refractivity contribution in [1.29, 1.82) is 0 Å². The van der Waals surface area contributed by atoms with Gasteiger partial charge < -0.3 is 9.84 Å². The fourth-order valence-electron chi connectivity index (χ4n) is 1.63. The summed E-state index contributed by atoms with van der Waals surface area (Å²) in [6, 6.07) is 14.3. The van der Waals surface area contributed by atoms with Gasteiger partial charge in [-0.3, -0.25) is 4.79 Å². The van der Waals surface area contributed by atoms with E-state index in [4.69, 9.17) is 4.74 Å². The summed E-state index contributed by atoms with van der Waals surface area (Å²) in [4.78, 5) is 10.8. The average Bonchev–Trinajstić information content (AvgIpc) is 2.39. The van der Waals surface area contributed by atoms with E-state index < -0.39 is 0 Å². The molecule has 2 rings (SSSR count). The number of phenols is 1. The van der Waals surface area contributed by atoms with Gasteiger partial charge >= 0.3 is 5.97 Å². The first kappa shape index (κ1) is 12.9. The van der Waals surface area contributed by atoms with Gasteiger partial charge in [-0.05, 0) is 23.8 Å². The summed E-state index contributed by atoms with van der Waals surface area (Å²) < 4.78 is 4.95. The minimum absolute atomic E-state index is 0.246. The summed E-state index contributed by atoms with van der Waals surface area (Å²) in [6.07, 6.45) is 3.71. The Labute approximate surface area is 111 Å². The zero-order chi connectivity index (χ0) is 13.7. The molecule has 3 nitrogen and oxygen atoms in total. The van der Waals surface area contributed by atoms with Crippen LogP contribution in [-0.2, 0) is 4.79 Å². The molecule has 0 saturated heterocycles. The Bertz CT molecular complexity index is 598. The fourth-order valence-corrected chi connectivity index (χ4v) is 1.63. The molecule has 1 N–H and O–H groups in total. The smallest absolute Gasteiger partial charge is 0.308 e. The Balaban J connectivity index is 2.11. The van der Waals surface area contributed by atoms with Crippen molar-refractivity contribution in [2.75, 3.05) is 0 Å². The van der Waals surface area contributed by atoms with Crippen LogP contribution in [0, 0.1) is 0 Å². The first-order valence-electron chi connectivity index (χ1n) is 5.90. The highest BCUT2D eigenvalue weighted by Gasteiger charge is 1.97. The highest BCUT2D eigenvalue weighted by atomic mass is 16.5. The standard InChI is InChI=1S/C16H14O3/c1-12(17)19-15-10-7-13(8-11-15)6-9-14-4-2-3-5-16(14)18/h2-11,18H,1H3/b9-6+. The highest BCUT2D eigenvalue weighted by Crippen LogP contribution is 2.19. The number of carbonyl (C=O) groups is 1. The third kappa shape index (κ3) is 3.71. The number of hydrogen-bond donors (Lipinski definition) is 1. The monoisotopic (exact) mass is 254 g/mol. The molecule has 0 atom stereocenters. The zero-order valence-corrected chi connectivity index (χ0v) is 10.5. The molecule has 0 aliphatic carbocycles. The molecule has 0 radical (unpaired) electrons. The maximum absolute atomic E-state index is 10.8. The van der Waals surface area contributed by atoms with Crippen LogP contribution < -0.4 is 4.74 Å². The molecule has 0 aliphatic rings. The Morgan fingerprint density at radius 1 is 1.05 bits per heavy atom. The third-order valence-electron chi connectivity index (χ3n) is 2.53. The lowest BCUT2D eigenvalue weighted by atomic mass is 10.1. The Kier molecular flexibility index (Phi) is 3.98. The Hall–Kier alpha value is -2.55. The van der Waals surface area contributed by atoms with Gasteiger partial charge in [0, 0.05) is 12.5 Å². The van der Waals surface area contributed by atoms with Gasteiger partial charge in [0.25, 0.3) is 0 Å². The predicted octanol–water partition coefficient (Wildman–Crippen LogP) is 3.49. The van der Waals surface area contributed by atoms with Crippen LogP contribution in [0.2, 0.25) is 0 Å². The summed E-state index contributed by atoms with van der Waals surface area (Å²) in [7, 11) is 0. The van der Waals surface area contributed by atoms with Crippen LogP contribution in [0.15, 0.2) is 48.5 Å². The number of phenolic OH excluding ortho intramolecular Hbond substituents is 1. The first-order chi connectivity index (χ1) is 9.15. The van der Waals surface area contributed by atoms with Crippen molar-refractivity contribution in [3.05, 3.63) is 59.7 Å². The van der Waals surface area contributed by atoms with Gasteiger partial charge in [0.2, 0.25) is 0 Å². The number of esters is 1. The van der Waals surface area contributed by atoms with Crippen molar-refractivity contribution < 1.29 is 14.6 Å². The van der Waals surface area contributed by atoms with E-state index in [1.807, 2.05) is 36.4 Å². The lowest BCUT2D eigenvalue weighted by Crippen LogP contribution is -2.00. The summed E-state index contributed by atoms with van der Waals surface area (Å²) >= 11 is 0. The molecule has 96 valence electrons.